The molecule has 0 amide bonds. The smallest absolute Gasteiger partial charge is 0.337 e. The van der Waals surface area contributed by atoms with Crippen LogP contribution in [0.3, 0.4) is 0 Å². The molecule has 1 unspecified atom stereocenters. The molecule has 38 heavy (non-hydrogen) atoms. The van der Waals surface area contributed by atoms with Gasteiger partial charge in [0.1, 0.15) is 37.2 Å². The van der Waals surface area contributed by atoms with Crippen LogP contribution in [0.1, 0.15) is 12.8 Å². The molecule has 12 heteroatoms. The number of aliphatic hydroxyl groups excluding tert-OH is 4. The van der Waals surface area contributed by atoms with E-state index < -0.39 is 67.4 Å². The Labute approximate surface area is 220 Å². The number of carboxylic acids is 1. The van der Waals surface area contributed by atoms with Crippen LogP contribution in [0, 0.1) is 11.8 Å². The number of rotatable bonds is 11. The molecule has 3 aliphatic rings. The third-order valence-corrected chi connectivity index (χ3v) is 6.66. The molecule has 5 N–H and O–H groups in total. The summed E-state index contributed by atoms with van der Waals surface area (Å²) in [7, 11) is 1.24. The standard InChI is InChI=1S/C26H35NO11/c1-3-16-17(9-8-15-6-4-10-27(12-15)11-5-7-20(29)30)18(24(34)35-2)14-36-25(16)38-26-23(33)22(32)21(31)19(13-28)37-26/h3-4,6,8-9,12,14,16-17,19,21-23,25-26,28,31-33H,1,5,7,10-11,13H2,2H3,(H,29,30)/b9-8+/t16-,17+,19-,21-,22+,23-,25+,26+/m1/s1. The summed E-state index contributed by atoms with van der Waals surface area (Å²) >= 11 is 0. The molecule has 12 nitrogen and oxygen atoms in total. The molecule has 3 rings (SSSR count). The van der Waals surface area contributed by atoms with Crippen LogP contribution in [-0.4, -0.2) is 96.2 Å². The van der Waals surface area contributed by atoms with Gasteiger partial charge < -0.3 is 54.2 Å². The van der Waals surface area contributed by atoms with Gasteiger partial charge >= 0.3 is 5.97 Å². The van der Waals surface area contributed by atoms with E-state index in [-0.39, 0.29) is 12.0 Å². The summed E-state index contributed by atoms with van der Waals surface area (Å²) in [5.41, 5.74) is 1.03. The third kappa shape index (κ3) is 7.17. The van der Waals surface area contributed by atoms with Gasteiger partial charge in [0, 0.05) is 23.9 Å². The Morgan fingerprint density at radius 3 is 2.66 bits per heavy atom. The first-order valence-electron chi connectivity index (χ1n) is 12.3. The second-order valence-corrected chi connectivity index (χ2v) is 9.24. The summed E-state index contributed by atoms with van der Waals surface area (Å²) in [6.07, 6.45) is 4.04. The Morgan fingerprint density at radius 2 is 2.00 bits per heavy atom. The lowest BCUT2D eigenvalue weighted by Crippen LogP contribution is -3.07. The highest BCUT2D eigenvalue weighted by atomic mass is 16.8. The van der Waals surface area contributed by atoms with Gasteiger partial charge in [-0.1, -0.05) is 18.2 Å². The SMILES string of the molecule is C=C[C@H]1[C@H](O[C@@H]2O[C@H](CO)[C@@H](O)[C@H](O)[C@H]2O)OC=C(C(=O)OC)[C@H]1/C=C/C1=C[NH+](CCCC(=O)[O-])CC=C1. The fraction of sp³-hybridized carbons (Fsp3) is 0.538. The van der Waals surface area contributed by atoms with Gasteiger partial charge in [-0.2, -0.15) is 0 Å². The summed E-state index contributed by atoms with van der Waals surface area (Å²) in [6.45, 7) is 4.54. The molecular weight excluding hydrogens is 502 g/mol. The zero-order valence-corrected chi connectivity index (χ0v) is 21.0. The van der Waals surface area contributed by atoms with Crippen molar-refractivity contribution in [2.75, 3.05) is 26.8 Å². The number of esters is 1. The predicted molar refractivity (Wildman–Crippen MR) is 128 cm³/mol. The molecule has 9 atom stereocenters. The minimum absolute atomic E-state index is 0.0154. The molecule has 3 heterocycles. The van der Waals surface area contributed by atoms with Crippen molar-refractivity contribution >= 4 is 11.9 Å². The number of carboxylic acid groups (broad SMARTS) is 1. The molecule has 210 valence electrons. The van der Waals surface area contributed by atoms with Crippen LogP contribution in [0.15, 0.2) is 60.6 Å². The summed E-state index contributed by atoms with van der Waals surface area (Å²) in [5, 5.41) is 50.6. The van der Waals surface area contributed by atoms with E-state index in [1.807, 2.05) is 24.4 Å². The number of carbonyl (C=O) groups is 2. The largest absolute Gasteiger partial charge is 0.550 e. The molecular formula is C26H35NO11. The zero-order valence-electron chi connectivity index (χ0n) is 21.0. The van der Waals surface area contributed by atoms with E-state index in [2.05, 4.69) is 6.58 Å². The van der Waals surface area contributed by atoms with Crippen molar-refractivity contribution in [3.63, 3.8) is 0 Å². The quantitative estimate of drug-likeness (QED) is 0.134. The second kappa shape index (κ2) is 13.8. The molecule has 0 radical (unpaired) electrons. The van der Waals surface area contributed by atoms with E-state index in [1.54, 1.807) is 6.08 Å². The molecule has 0 aromatic carbocycles. The van der Waals surface area contributed by atoms with Crippen molar-refractivity contribution in [3.05, 3.63) is 60.6 Å². The first-order chi connectivity index (χ1) is 18.2. The van der Waals surface area contributed by atoms with Crippen LogP contribution in [0.4, 0.5) is 0 Å². The van der Waals surface area contributed by atoms with Crippen LogP contribution in [0.25, 0.3) is 0 Å². The van der Waals surface area contributed by atoms with Crippen molar-refractivity contribution in [1.29, 1.82) is 0 Å². The van der Waals surface area contributed by atoms with E-state index in [9.17, 15) is 35.1 Å². The first-order valence-corrected chi connectivity index (χ1v) is 12.3. The van der Waals surface area contributed by atoms with E-state index in [1.165, 1.54) is 19.4 Å². The Kier molecular flexibility index (Phi) is 10.8. The highest BCUT2D eigenvalue weighted by Gasteiger charge is 2.47. The van der Waals surface area contributed by atoms with Crippen molar-refractivity contribution in [3.8, 4) is 0 Å². The Morgan fingerprint density at radius 1 is 1.24 bits per heavy atom. The monoisotopic (exact) mass is 537 g/mol. The number of hydrogen-bond acceptors (Lipinski definition) is 11. The van der Waals surface area contributed by atoms with Crippen LogP contribution in [-0.2, 0) is 28.5 Å². The van der Waals surface area contributed by atoms with Gasteiger partial charge in [0.15, 0.2) is 6.29 Å². The third-order valence-electron chi connectivity index (χ3n) is 6.66. The lowest BCUT2D eigenvalue weighted by Gasteiger charge is -2.42. The minimum atomic E-state index is -1.63. The van der Waals surface area contributed by atoms with E-state index in [0.29, 0.717) is 19.5 Å². The van der Waals surface area contributed by atoms with Gasteiger partial charge in [0.2, 0.25) is 6.29 Å². The number of methoxy groups -OCH3 is 1. The fourth-order valence-electron chi connectivity index (χ4n) is 4.55. The van der Waals surface area contributed by atoms with E-state index in [0.717, 1.165) is 10.5 Å². The second-order valence-electron chi connectivity index (χ2n) is 9.24. The normalized spacial score (nSPS) is 35.2. The molecule has 0 aromatic rings. The molecule has 0 aromatic heterocycles. The van der Waals surface area contributed by atoms with Crippen LogP contribution < -0.4 is 10.0 Å². The summed E-state index contributed by atoms with van der Waals surface area (Å²) in [4.78, 5) is 24.3. The van der Waals surface area contributed by atoms with Crippen molar-refractivity contribution < 1.29 is 59.0 Å². The molecule has 0 bridgehead atoms. The van der Waals surface area contributed by atoms with Crippen molar-refractivity contribution in [2.24, 2.45) is 11.8 Å². The van der Waals surface area contributed by atoms with Crippen LogP contribution in [0.2, 0.25) is 0 Å². The summed E-state index contributed by atoms with van der Waals surface area (Å²) in [5.74, 6) is -3.00. The van der Waals surface area contributed by atoms with Gasteiger partial charge in [0.25, 0.3) is 0 Å². The molecule has 1 saturated heterocycles. The Hall–Kier alpha value is -2.84. The van der Waals surface area contributed by atoms with Gasteiger partial charge in [-0.25, -0.2) is 4.79 Å². The van der Waals surface area contributed by atoms with Gasteiger partial charge in [-0.05, 0) is 18.6 Å². The maximum atomic E-state index is 12.5. The zero-order chi connectivity index (χ0) is 27.8. The average molecular weight is 538 g/mol. The average Bonchev–Trinajstić information content (AvgIpc) is 2.91. The Bertz CT molecular complexity index is 972. The molecule has 0 aliphatic carbocycles. The number of ether oxygens (including phenoxy) is 4. The van der Waals surface area contributed by atoms with Crippen molar-refractivity contribution in [2.45, 2.75) is 49.8 Å². The van der Waals surface area contributed by atoms with E-state index >= 15 is 0 Å². The molecule has 1 fully saturated rings. The molecule has 0 saturated carbocycles. The molecule has 3 aliphatic heterocycles. The number of nitrogens with one attached hydrogen (secondary N) is 1. The molecule has 0 spiro atoms. The fourth-order valence-corrected chi connectivity index (χ4v) is 4.55. The summed E-state index contributed by atoms with van der Waals surface area (Å²) in [6, 6.07) is 0. The van der Waals surface area contributed by atoms with Crippen LogP contribution >= 0.6 is 0 Å². The number of aliphatic hydroxyl groups is 4. The maximum Gasteiger partial charge on any atom is 0.337 e. The Balaban J connectivity index is 1.80. The lowest BCUT2D eigenvalue weighted by molar-refractivity contribution is -0.841. The van der Waals surface area contributed by atoms with Gasteiger partial charge in [-0.3, -0.25) is 0 Å². The maximum absolute atomic E-state index is 12.5. The lowest BCUT2D eigenvalue weighted by atomic mass is 9.83. The minimum Gasteiger partial charge on any atom is -0.550 e. The highest BCUT2D eigenvalue weighted by Crippen LogP contribution is 2.36. The number of hydrogen-bond donors (Lipinski definition) is 5. The van der Waals surface area contributed by atoms with Crippen molar-refractivity contribution in [1.82, 2.24) is 0 Å². The van der Waals surface area contributed by atoms with Gasteiger partial charge in [0.05, 0.1) is 38.0 Å². The van der Waals surface area contributed by atoms with Gasteiger partial charge in [-0.15, -0.1) is 6.58 Å². The van der Waals surface area contributed by atoms with Crippen LogP contribution in [0.5, 0.6) is 0 Å². The predicted octanol–water partition coefficient (Wildman–Crippen LogP) is -2.94. The highest BCUT2D eigenvalue weighted by molar-refractivity contribution is 5.89. The number of quaternary nitrogens is 1. The number of aliphatic carboxylic acids is 1. The number of carbonyl (C=O) groups excluding carboxylic acids is 2. The summed E-state index contributed by atoms with van der Waals surface area (Å²) < 4.78 is 21.8. The topological polar surface area (TPSA) is 179 Å². The first kappa shape index (κ1) is 29.7. The van der Waals surface area contributed by atoms with E-state index in [4.69, 9.17) is 18.9 Å². The number of allylic oxidation sites excluding steroid dienone is 4.